The predicted octanol–water partition coefficient (Wildman–Crippen LogP) is 2.74. The summed E-state index contributed by atoms with van der Waals surface area (Å²) in [6.45, 7) is 2.23. The number of nitrogens with zero attached hydrogens (tertiary/aromatic N) is 2. The molecule has 0 saturated carbocycles. The molecule has 1 heterocycles. The van der Waals surface area contributed by atoms with Crippen LogP contribution in [0.3, 0.4) is 0 Å². The minimum Gasteiger partial charge on any atom is -0.480 e. The van der Waals surface area contributed by atoms with Crippen molar-refractivity contribution in [1.29, 1.82) is 0 Å². The molecule has 0 radical (unpaired) electrons. The third-order valence-corrected chi connectivity index (χ3v) is 4.82. The van der Waals surface area contributed by atoms with Crippen molar-refractivity contribution >= 4 is 35.4 Å². The molecule has 2 amide bonds. The maximum Gasteiger partial charge on any atom is 0.327 e. The van der Waals surface area contributed by atoms with Crippen molar-refractivity contribution in [3.8, 4) is 0 Å². The molecule has 114 valence electrons. The molecule has 1 fully saturated rings. The summed E-state index contributed by atoms with van der Waals surface area (Å²) in [7, 11) is 1.66. The van der Waals surface area contributed by atoms with Crippen molar-refractivity contribution in [2.24, 2.45) is 0 Å². The Balaban J connectivity index is 2.09. The highest BCUT2D eigenvalue weighted by atomic mass is 35.5. The molecule has 1 aromatic carbocycles. The van der Waals surface area contributed by atoms with Gasteiger partial charge in [-0.05, 0) is 24.6 Å². The van der Waals surface area contributed by atoms with E-state index in [1.54, 1.807) is 19.2 Å². The zero-order chi connectivity index (χ0) is 15.6. The van der Waals surface area contributed by atoms with Gasteiger partial charge in [0.05, 0.1) is 5.37 Å². The molecule has 1 N–H and O–H groups in total. The first kappa shape index (κ1) is 16.0. The Morgan fingerprint density at radius 1 is 1.52 bits per heavy atom. The smallest absolute Gasteiger partial charge is 0.327 e. The van der Waals surface area contributed by atoms with E-state index in [1.807, 2.05) is 19.1 Å². The number of thioether (sulfide) groups is 1. The first-order valence-corrected chi connectivity index (χ1v) is 7.95. The van der Waals surface area contributed by atoms with Crippen molar-refractivity contribution in [1.82, 2.24) is 9.80 Å². The Morgan fingerprint density at radius 3 is 2.86 bits per heavy atom. The minimum atomic E-state index is -0.962. The van der Waals surface area contributed by atoms with Gasteiger partial charge >= 0.3 is 12.0 Å². The molecule has 2 rings (SSSR count). The number of carbonyl (C=O) groups excluding carboxylic acids is 1. The second-order valence-corrected chi connectivity index (χ2v) is 6.75. The molecular formula is C14H17ClN2O3S. The van der Waals surface area contributed by atoms with Crippen LogP contribution in [-0.4, -0.2) is 51.1 Å². The van der Waals surface area contributed by atoms with Gasteiger partial charge in [-0.15, -0.1) is 11.8 Å². The fourth-order valence-corrected chi connectivity index (χ4v) is 3.67. The molecule has 0 aromatic heterocycles. The summed E-state index contributed by atoms with van der Waals surface area (Å²) in [4.78, 5) is 26.7. The van der Waals surface area contributed by atoms with Crippen molar-refractivity contribution in [3.05, 3.63) is 34.9 Å². The molecule has 1 aliphatic heterocycles. The largest absolute Gasteiger partial charge is 0.480 e. The minimum absolute atomic E-state index is 0.139. The van der Waals surface area contributed by atoms with E-state index in [9.17, 15) is 14.7 Å². The topological polar surface area (TPSA) is 60.9 Å². The Morgan fingerprint density at radius 2 is 2.24 bits per heavy atom. The molecule has 2 unspecified atom stereocenters. The Bertz CT molecular complexity index is 555. The fourth-order valence-electron chi connectivity index (χ4n) is 2.30. The number of hydrogen-bond donors (Lipinski definition) is 1. The number of rotatable bonds is 3. The first-order valence-electron chi connectivity index (χ1n) is 6.52. The van der Waals surface area contributed by atoms with Gasteiger partial charge in [0.2, 0.25) is 0 Å². The summed E-state index contributed by atoms with van der Waals surface area (Å²) in [5.41, 5.74) is 0.907. The van der Waals surface area contributed by atoms with Gasteiger partial charge in [-0.2, -0.15) is 0 Å². The van der Waals surface area contributed by atoms with E-state index in [4.69, 9.17) is 11.6 Å². The van der Waals surface area contributed by atoms with Crippen molar-refractivity contribution in [2.75, 3.05) is 12.8 Å². The van der Waals surface area contributed by atoms with Crippen molar-refractivity contribution in [2.45, 2.75) is 24.9 Å². The van der Waals surface area contributed by atoms with Crippen LogP contribution in [0.5, 0.6) is 0 Å². The van der Waals surface area contributed by atoms with Gasteiger partial charge in [0, 0.05) is 24.4 Å². The molecule has 0 aliphatic carbocycles. The number of carbonyl (C=O) groups is 2. The molecule has 7 heteroatoms. The van der Waals surface area contributed by atoms with E-state index in [0.29, 0.717) is 17.3 Å². The molecule has 2 atom stereocenters. The highest BCUT2D eigenvalue weighted by Crippen LogP contribution is 2.30. The lowest BCUT2D eigenvalue weighted by Gasteiger charge is -2.30. The van der Waals surface area contributed by atoms with E-state index in [-0.39, 0.29) is 11.4 Å². The van der Waals surface area contributed by atoms with Crippen LogP contribution in [-0.2, 0) is 11.3 Å². The number of hydrogen-bond acceptors (Lipinski definition) is 3. The fraction of sp³-hybridized carbons (Fsp3) is 0.429. The van der Waals surface area contributed by atoms with E-state index in [1.165, 1.54) is 21.6 Å². The van der Waals surface area contributed by atoms with Crippen LogP contribution >= 0.6 is 23.4 Å². The Hall–Kier alpha value is -1.40. The first-order chi connectivity index (χ1) is 9.90. The lowest BCUT2D eigenvalue weighted by molar-refractivity contribution is -0.141. The summed E-state index contributed by atoms with van der Waals surface area (Å²) in [6, 6.07) is 6.23. The predicted molar refractivity (Wildman–Crippen MR) is 83.5 cm³/mol. The number of benzene rings is 1. The van der Waals surface area contributed by atoms with Gasteiger partial charge in [0.15, 0.2) is 0 Å². The van der Waals surface area contributed by atoms with Crippen LogP contribution in [0.25, 0.3) is 0 Å². The van der Waals surface area contributed by atoms with Crippen molar-refractivity contribution < 1.29 is 14.7 Å². The molecule has 1 aromatic rings. The highest BCUT2D eigenvalue weighted by molar-refractivity contribution is 8.00. The number of urea groups is 1. The summed E-state index contributed by atoms with van der Waals surface area (Å²) in [5, 5.41) is 9.69. The number of aliphatic carboxylic acids is 1. The normalized spacial score (nSPS) is 21.4. The number of amides is 2. The van der Waals surface area contributed by atoms with E-state index in [0.717, 1.165) is 5.56 Å². The number of carboxylic acids is 1. The molecule has 21 heavy (non-hydrogen) atoms. The van der Waals surface area contributed by atoms with Gasteiger partial charge in [0.25, 0.3) is 0 Å². The Labute approximate surface area is 132 Å². The second kappa shape index (κ2) is 6.58. The van der Waals surface area contributed by atoms with E-state index >= 15 is 0 Å². The zero-order valence-electron chi connectivity index (χ0n) is 11.8. The van der Waals surface area contributed by atoms with Crippen LogP contribution in [0.2, 0.25) is 5.02 Å². The van der Waals surface area contributed by atoms with Crippen LogP contribution in [0.4, 0.5) is 4.79 Å². The molecule has 0 spiro atoms. The van der Waals surface area contributed by atoms with Gasteiger partial charge in [-0.1, -0.05) is 23.7 Å². The lowest BCUT2D eigenvalue weighted by atomic mass is 10.2. The van der Waals surface area contributed by atoms with Gasteiger partial charge in [0.1, 0.15) is 6.04 Å². The van der Waals surface area contributed by atoms with Crippen LogP contribution < -0.4 is 0 Å². The standard InChI is InChI=1S/C14H17ClN2O3S/c1-9-17(12(8-21-9)13(18)19)14(20)16(2)7-10-4-3-5-11(15)6-10/h3-6,9,12H,7-8H2,1-2H3,(H,18,19). The highest BCUT2D eigenvalue weighted by Gasteiger charge is 2.40. The summed E-state index contributed by atoms with van der Waals surface area (Å²) in [6.07, 6.45) is 0. The van der Waals surface area contributed by atoms with Crippen LogP contribution in [0.1, 0.15) is 12.5 Å². The molecule has 0 bridgehead atoms. The van der Waals surface area contributed by atoms with Crippen molar-refractivity contribution in [3.63, 3.8) is 0 Å². The molecule has 1 aliphatic rings. The van der Waals surface area contributed by atoms with Gasteiger partial charge in [-0.25, -0.2) is 9.59 Å². The lowest BCUT2D eigenvalue weighted by Crippen LogP contribution is -2.49. The van der Waals surface area contributed by atoms with Crippen LogP contribution in [0, 0.1) is 0 Å². The second-order valence-electron chi connectivity index (χ2n) is 4.96. The molecular weight excluding hydrogens is 312 g/mol. The third kappa shape index (κ3) is 3.63. The Kier molecular flexibility index (Phi) is 5.00. The summed E-state index contributed by atoms with van der Waals surface area (Å²) >= 11 is 7.40. The molecule has 5 nitrogen and oxygen atoms in total. The monoisotopic (exact) mass is 328 g/mol. The third-order valence-electron chi connectivity index (χ3n) is 3.36. The number of carboxylic acid groups (broad SMARTS) is 1. The maximum atomic E-state index is 12.5. The van der Waals surface area contributed by atoms with Gasteiger partial charge in [-0.3, -0.25) is 4.90 Å². The summed E-state index contributed by atoms with van der Waals surface area (Å²) < 4.78 is 0. The van der Waals surface area contributed by atoms with E-state index < -0.39 is 12.0 Å². The number of halogens is 1. The van der Waals surface area contributed by atoms with Crippen LogP contribution in [0.15, 0.2) is 24.3 Å². The average Bonchev–Trinajstić information content (AvgIpc) is 2.80. The summed E-state index contributed by atoms with van der Waals surface area (Å²) in [5.74, 6) is -0.538. The zero-order valence-corrected chi connectivity index (χ0v) is 13.4. The van der Waals surface area contributed by atoms with Gasteiger partial charge < -0.3 is 10.0 Å². The SMILES string of the molecule is CC1SCC(C(=O)O)N1C(=O)N(C)Cc1cccc(Cl)c1. The van der Waals surface area contributed by atoms with E-state index in [2.05, 4.69) is 0 Å². The maximum absolute atomic E-state index is 12.5. The quantitative estimate of drug-likeness (QED) is 0.926. The average molecular weight is 329 g/mol. The molecule has 1 saturated heterocycles.